The zero-order valence-corrected chi connectivity index (χ0v) is 8.20. The third kappa shape index (κ3) is 2.59. The quantitative estimate of drug-likeness (QED) is 0.596. The van der Waals surface area contributed by atoms with E-state index < -0.39 is 0 Å². The molecule has 0 spiro atoms. The largest absolute Gasteiger partial charge is 0.304 e. The lowest BCUT2D eigenvalue weighted by atomic mass is 10.9. The second-order valence-corrected chi connectivity index (χ2v) is 3.75. The molecular formula is C4H10ClN3S2. The van der Waals surface area contributed by atoms with Crippen LogP contribution < -0.4 is 10.9 Å². The monoisotopic (exact) mass is 199 g/mol. The normalized spacial score (nSPS) is 24.3. The van der Waals surface area contributed by atoms with Gasteiger partial charge in [0.05, 0.1) is 0 Å². The van der Waals surface area contributed by atoms with Gasteiger partial charge >= 0.3 is 0 Å². The van der Waals surface area contributed by atoms with Crippen molar-refractivity contribution < 1.29 is 0 Å². The van der Waals surface area contributed by atoms with E-state index >= 15 is 0 Å². The molecule has 0 saturated carbocycles. The summed E-state index contributed by atoms with van der Waals surface area (Å²) in [6.07, 6.45) is 0. The zero-order valence-electron chi connectivity index (χ0n) is 5.75. The third-order valence-corrected chi connectivity index (χ3v) is 2.46. The van der Waals surface area contributed by atoms with E-state index in [0.29, 0.717) is 0 Å². The first kappa shape index (κ1) is 10.4. The van der Waals surface area contributed by atoms with Crippen molar-refractivity contribution in [1.82, 2.24) is 15.8 Å². The van der Waals surface area contributed by atoms with Gasteiger partial charge in [0.25, 0.3) is 0 Å². The summed E-state index contributed by atoms with van der Waals surface area (Å²) < 4.78 is 0.814. The smallest absolute Gasteiger partial charge is 0.150 e. The van der Waals surface area contributed by atoms with Crippen LogP contribution in [0.25, 0.3) is 0 Å². The van der Waals surface area contributed by atoms with E-state index in [1.165, 1.54) is 0 Å². The highest BCUT2D eigenvalue weighted by Crippen LogP contribution is 2.14. The van der Waals surface area contributed by atoms with Gasteiger partial charge in [0.15, 0.2) is 4.32 Å². The van der Waals surface area contributed by atoms with Crippen molar-refractivity contribution in [3.8, 4) is 0 Å². The molecule has 1 heterocycles. The molecule has 1 atom stereocenters. The zero-order chi connectivity index (χ0) is 6.85. The van der Waals surface area contributed by atoms with Gasteiger partial charge < -0.3 is 5.43 Å². The van der Waals surface area contributed by atoms with Crippen LogP contribution in [-0.4, -0.2) is 28.8 Å². The van der Waals surface area contributed by atoms with E-state index in [9.17, 15) is 0 Å². The number of halogens is 1. The number of thiocarbonyl (C=S) groups is 1. The van der Waals surface area contributed by atoms with Crippen molar-refractivity contribution in [2.75, 3.05) is 14.1 Å². The summed E-state index contributed by atoms with van der Waals surface area (Å²) in [7, 11) is 4.00. The van der Waals surface area contributed by atoms with Crippen LogP contribution in [0.4, 0.5) is 0 Å². The van der Waals surface area contributed by atoms with Gasteiger partial charge in [0.1, 0.15) is 5.50 Å². The van der Waals surface area contributed by atoms with Gasteiger partial charge in [-0.2, -0.15) is 0 Å². The van der Waals surface area contributed by atoms with Crippen LogP contribution in [0.2, 0.25) is 0 Å². The first-order valence-corrected chi connectivity index (χ1v) is 3.87. The maximum atomic E-state index is 4.88. The highest BCUT2D eigenvalue weighted by Gasteiger charge is 2.19. The minimum Gasteiger partial charge on any atom is -0.304 e. The number of nitrogens with one attached hydrogen (secondary N) is 2. The lowest BCUT2D eigenvalue weighted by Gasteiger charge is -2.15. The molecule has 1 aliphatic heterocycles. The van der Waals surface area contributed by atoms with Crippen LogP contribution >= 0.6 is 36.4 Å². The Hall–Kier alpha value is 0.450. The molecule has 0 radical (unpaired) electrons. The highest BCUT2D eigenvalue weighted by atomic mass is 35.5. The molecule has 1 fully saturated rings. The number of hydrogen-bond donors (Lipinski definition) is 2. The first-order valence-electron chi connectivity index (χ1n) is 2.59. The van der Waals surface area contributed by atoms with Crippen LogP contribution in [0.15, 0.2) is 0 Å². The second-order valence-electron chi connectivity index (χ2n) is 1.99. The molecule has 1 saturated heterocycles. The average Bonchev–Trinajstić information content (AvgIpc) is 2.14. The fraction of sp³-hybridized carbons (Fsp3) is 0.750. The van der Waals surface area contributed by atoms with Gasteiger partial charge in [-0.1, -0.05) is 24.0 Å². The fourth-order valence-electron chi connectivity index (χ4n) is 0.515. The molecule has 0 amide bonds. The first-order chi connectivity index (χ1) is 4.20. The summed E-state index contributed by atoms with van der Waals surface area (Å²) in [5.41, 5.74) is 6.15. The molecule has 10 heavy (non-hydrogen) atoms. The SMILES string of the molecule is CN(C)C1NNC(=S)S1.Cl. The maximum absolute atomic E-state index is 4.88. The number of hydrogen-bond acceptors (Lipinski definition) is 4. The molecule has 1 unspecified atom stereocenters. The number of thioether (sulfide) groups is 1. The second kappa shape index (κ2) is 4.35. The Morgan fingerprint density at radius 3 is 2.40 bits per heavy atom. The van der Waals surface area contributed by atoms with Gasteiger partial charge in [-0.15, -0.1) is 12.4 Å². The van der Waals surface area contributed by atoms with Crippen molar-refractivity contribution >= 4 is 40.7 Å². The molecule has 1 aliphatic rings. The van der Waals surface area contributed by atoms with E-state index in [4.69, 9.17) is 12.2 Å². The molecule has 60 valence electrons. The van der Waals surface area contributed by atoms with Gasteiger partial charge in [0, 0.05) is 0 Å². The van der Waals surface area contributed by atoms with Crippen LogP contribution in [0.1, 0.15) is 0 Å². The van der Waals surface area contributed by atoms with Crippen molar-refractivity contribution in [2.24, 2.45) is 0 Å². The summed E-state index contributed by atoms with van der Waals surface area (Å²) >= 11 is 6.49. The molecule has 0 aromatic carbocycles. The van der Waals surface area contributed by atoms with Gasteiger partial charge in [-0.05, 0) is 14.1 Å². The molecule has 0 bridgehead atoms. The number of nitrogens with zero attached hydrogens (tertiary/aromatic N) is 1. The Morgan fingerprint density at radius 2 is 2.20 bits per heavy atom. The van der Waals surface area contributed by atoms with Crippen molar-refractivity contribution in [2.45, 2.75) is 5.50 Å². The molecule has 1 rings (SSSR count). The Morgan fingerprint density at radius 1 is 1.60 bits per heavy atom. The number of hydrazine groups is 1. The standard InChI is InChI=1S/C4H9N3S2.ClH/c1-7(2)3-5-6-4(8)9-3;/h3,5H,1-2H3,(H,6,8);1H. The van der Waals surface area contributed by atoms with Gasteiger partial charge in [-0.3, -0.25) is 4.90 Å². The van der Waals surface area contributed by atoms with E-state index in [-0.39, 0.29) is 17.9 Å². The Balaban J connectivity index is 0.000000810. The van der Waals surface area contributed by atoms with E-state index in [1.54, 1.807) is 11.8 Å². The number of rotatable bonds is 1. The van der Waals surface area contributed by atoms with Crippen LogP contribution in [0.5, 0.6) is 0 Å². The topological polar surface area (TPSA) is 27.3 Å². The predicted octanol–water partition coefficient (Wildman–Crippen LogP) is 0.379. The molecule has 0 aromatic heterocycles. The Bertz CT molecular complexity index is 130. The van der Waals surface area contributed by atoms with Gasteiger partial charge in [0.2, 0.25) is 0 Å². The van der Waals surface area contributed by atoms with Crippen LogP contribution in [0, 0.1) is 0 Å². The lowest BCUT2D eigenvalue weighted by Crippen LogP contribution is -2.39. The fourth-order valence-corrected chi connectivity index (χ4v) is 1.50. The molecule has 3 nitrogen and oxygen atoms in total. The summed E-state index contributed by atoms with van der Waals surface area (Å²) in [6, 6.07) is 0. The minimum absolute atomic E-state index is 0. The molecule has 6 heteroatoms. The molecular weight excluding hydrogens is 190 g/mol. The van der Waals surface area contributed by atoms with Crippen molar-refractivity contribution in [3.63, 3.8) is 0 Å². The Kier molecular flexibility index (Phi) is 4.55. The average molecular weight is 200 g/mol. The third-order valence-electron chi connectivity index (χ3n) is 0.985. The summed E-state index contributed by atoms with van der Waals surface area (Å²) in [5.74, 6) is 0. The van der Waals surface area contributed by atoms with Crippen LogP contribution in [0.3, 0.4) is 0 Å². The molecule has 0 aliphatic carbocycles. The molecule has 0 aromatic rings. The highest BCUT2D eigenvalue weighted by molar-refractivity contribution is 8.23. The summed E-state index contributed by atoms with van der Waals surface area (Å²) in [4.78, 5) is 2.05. The summed E-state index contributed by atoms with van der Waals surface area (Å²) in [5, 5.41) is 0. The van der Waals surface area contributed by atoms with E-state index in [2.05, 4.69) is 15.8 Å². The predicted molar refractivity (Wildman–Crippen MR) is 51.2 cm³/mol. The lowest BCUT2D eigenvalue weighted by molar-refractivity contribution is 0.333. The molecule has 2 N–H and O–H groups in total. The van der Waals surface area contributed by atoms with Crippen molar-refractivity contribution in [3.05, 3.63) is 0 Å². The van der Waals surface area contributed by atoms with E-state index in [0.717, 1.165) is 4.32 Å². The van der Waals surface area contributed by atoms with E-state index in [1.807, 2.05) is 14.1 Å². The van der Waals surface area contributed by atoms with Gasteiger partial charge in [-0.25, -0.2) is 5.43 Å². The summed E-state index contributed by atoms with van der Waals surface area (Å²) in [6.45, 7) is 0. The maximum Gasteiger partial charge on any atom is 0.150 e. The van der Waals surface area contributed by atoms with Crippen LogP contribution in [-0.2, 0) is 0 Å². The van der Waals surface area contributed by atoms with Crippen molar-refractivity contribution in [1.29, 1.82) is 0 Å². The minimum atomic E-state index is 0. The Labute approximate surface area is 76.3 Å².